The van der Waals surface area contributed by atoms with Crippen LogP contribution in [0.3, 0.4) is 0 Å². The molecular formula is C25H21N5O3S. The van der Waals surface area contributed by atoms with Crippen LogP contribution in [0, 0.1) is 0 Å². The third-order valence-electron chi connectivity index (χ3n) is 5.32. The maximum atomic E-state index is 12.9. The van der Waals surface area contributed by atoms with Gasteiger partial charge in [0.05, 0.1) is 38.2 Å². The molecule has 0 fully saturated rings. The zero-order chi connectivity index (χ0) is 23.5. The number of rotatable bonds is 7. The molecule has 170 valence electrons. The lowest BCUT2D eigenvalue weighted by atomic mass is 10.1. The van der Waals surface area contributed by atoms with Gasteiger partial charge in [0, 0.05) is 22.5 Å². The smallest absolute Gasteiger partial charge is 0.259 e. The van der Waals surface area contributed by atoms with Crippen LogP contribution in [0.4, 0.5) is 5.13 Å². The molecular weight excluding hydrogens is 450 g/mol. The quantitative estimate of drug-likeness (QED) is 0.364. The average Bonchev–Trinajstić information content (AvgIpc) is 3.51. The summed E-state index contributed by atoms with van der Waals surface area (Å²) in [6.45, 7) is 0.610. The Labute approximate surface area is 199 Å². The highest BCUT2D eigenvalue weighted by Crippen LogP contribution is 2.35. The van der Waals surface area contributed by atoms with E-state index in [9.17, 15) is 4.79 Å². The van der Waals surface area contributed by atoms with Gasteiger partial charge < -0.3 is 9.47 Å². The van der Waals surface area contributed by atoms with Crippen molar-refractivity contribution < 1.29 is 14.3 Å². The molecule has 0 aliphatic rings. The highest BCUT2D eigenvalue weighted by Gasteiger charge is 2.15. The number of anilines is 1. The molecule has 5 rings (SSSR count). The summed E-state index contributed by atoms with van der Waals surface area (Å²) >= 11 is 1.33. The minimum atomic E-state index is -0.288. The molecule has 0 radical (unpaired) electrons. The van der Waals surface area contributed by atoms with E-state index in [-0.39, 0.29) is 5.91 Å². The minimum Gasteiger partial charge on any atom is -0.497 e. The second-order valence-corrected chi connectivity index (χ2v) is 8.34. The van der Waals surface area contributed by atoms with Crippen LogP contribution in [0.2, 0.25) is 0 Å². The Morgan fingerprint density at radius 2 is 1.91 bits per heavy atom. The van der Waals surface area contributed by atoms with E-state index < -0.39 is 0 Å². The van der Waals surface area contributed by atoms with Gasteiger partial charge in [0.2, 0.25) is 0 Å². The van der Waals surface area contributed by atoms with Gasteiger partial charge in [0.1, 0.15) is 11.5 Å². The van der Waals surface area contributed by atoms with E-state index in [1.165, 1.54) is 11.3 Å². The summed E-state index contributed by atoms with van der Waals surface area (Å²) in [6.07, 6.45) is 3.28. The van der Waals surface area contributed by atoms with Gasteiger partial charge in [-0.2, -0.15) is 5.10 Å². The van der Waals surface area contributed by atoms with Crippen molar-refractivity contribution in [1.29, 1.82) is 0 Å². The molecule has 0 bridgehead atoms. The second kappa shape index (κ2) is 9.32. The standard InChI is InChI=1S/C25H21N5O3S/c1-32-19-8-9-22(33-2)20(11-19)21-15-34-25(28-21)29-24(31)18-10-17-13-27-30(23(17)26-12-18)14-16-6-4-3-5-7-16/h3-13,15H,14H2,1-2H3,(H,28,29,31). The van der Waals surface area contributed by atoms with E-state index in [0.717, 1.165) is 22.2 Å². The van der Waals surface area contributed by atoms with E-state index in [0.29, 0.717) is 34.4 Å². The molecule has 0 spiro atoms. The molecule has 0 aliphatic carbocycles. The third kappa shape index (κ3) is 4.33. The molecule has 0 unspecified atom stereocenters. The summed E-state index contributed by atoms with van der Waals surface area (Å²) in [5.74, 6) is 1.08. The number of benzene rings is 2. The second-order valence-electron chi connectivity index (χ2n) is 7.48. The molecule has 2 aromatic carbocycles. The molecule has 34 heavy (non-hydrogen) atoms. The summed E-state index contributed by atoms with van der Waals surface area (Å²) in [4.78, 5) is 21.9. The van der Waals surface area contributed by atoms with Gasteiger partial charge in [-0.15, -0.1) is 11.3 Å². The normalized spacial score (nSPS) is 10.9. The van der Waals surface area contributed by atoms with Crippen LogP contribution in [0.5, 0.6) is 11.5 Å². The highest BCUT2D eigenvalue weighted by molar-refractivity contribution is 7.14. The highest BCUT2D eigenvalue weighted by atomic mass is 32.1. The number of methoxy groups -OCH3 is 2. The zero-order valence-electron chi connectivity index (χ0n) is 18.6. The number of nitrogens with one attached hydrogen (secondary N) is 1. The van der Waals surface area contributed by atoms with Crippen molar-refractivity contribution in [3.8, 4) is 22.8 Å². The summed E-state index contributed by atoms with van der Waals surface area (Å²) in [7, 11) is 3.21. The Kier molecular flexibility index (Phi) is 5.92. The third-order valence-corrected chi connectivity index (χ3v) is 6.08. The van der Waals surface area contributed by atoms with Gasteiger partial charge in [0.15, 0.2) is 10.8 Å². The lowest BCUT2D eigenvalue weighted by Gasteiger charge is -2.08. The van der Waals surface area contributed by atoms with Crippen molar-refractivity contribution in [1.82, 2.24) is 19.7 Å². The SMILES string of the molecule is COc1ccc(OC)c(-c2csc(NC(=O)c3cnc4c(cnn4Cc4ccccc4)c3)n2)c1. The van der Waals surface area contributed by atoms with Crippen LogP contribution in [-0.4, -0.2) is 39.9 Å². The van der Waals surface area contributed by atoms with Crippen molar-refractivity contribution in [2.45, 2.75) is 6.54 Å². The minimum absolute atomic E-state index is 0.288. The van der Waals surface area contributed by atoms with Crippen molar-refractivity contribution >= 4 is 33.4 Å². The molecule has 1 N–H and O–H groups in total. The van der Waals surface area contributed by atoms with Crippen LogP contribution in [0.15, 0.2) is 72.4 Å². The Morgan fingerprint density at radius 3 is 2.71 bits per heavy atom. The number of ether oxygens (including phenoxy) is 2. The predicted molar refractivity (Wildman–Crippen MR) is 132 cm³/mol. The Hall–Kier alpha value is -4.24. The molecule has 0 atom stereocenters. The Morgan fingerprint density at radius 1 is 1.06 bits per heavy atom. The molecule has 5 aromatic rings. The van der Waals surface area contributed by atoms with E-state index in [1.807, 2.05) is 58.6 Å². The summed E-state index contributed by atoms with van der Waals surface area (Å²) < 4.78 is 12.6. The van der Waals surface area contributed by atoms with Crippen LogP contribution in [-0.2, 0) is 6.54 Å². The first-order valence-electron chi connectivity index (χ1n) is 10.5. The van der Waals surface area contributed by atoms with Gasteiger partial charge in [-0.05, 0) is 29.8 Å². The number of hydrogen-bond donors (Lipinski definition) is 1. The number of amides is 1. The summed E-state index contributed by atoms with van der Waals surface area (Å²) in [6, 6.07) is 17.3. The van der Waals surface area contributed by atoms with Crippen molar-refractivity contribution in [2.24, 2.45) is 0 Å². The number of aromatic nitrogens is 4. The number of carbonyl (C=O) groups excluding carboxylic acids is 1. The van der Waals surface area contributed by atoms with Crippen molar-refractivity contribution in [3.05, 3.63) is 83.5 Å². The summed E-state index contributed by atoms with van der Waals surface area (Å²) in [5, 5.41) is 10.4. The average molecular weight is 472 g/mol. The van der Waals surface area contributed by atoms with Crippen molar-refractivity contribution in [2.75, 3.05) is 19.5 Å². The number of nitrogens with zero attached hydrogens (tertiary/aromatic N) is 4. The maximum Gasteiger partial charge on any atom is 0.259 e. The van der Waals surface area contributed by atoms with E-state index in [1.54, 1.807) is 32.7 Å². The molecule has 3 aromatic heterocycles. The topological polar surface area (TPSA) is 91.2 Å². The zero-order valence-corrected chi connectivity index (χ0v) is 19.4. The van der Waals surface area contributed by atoms with Crippen LogP contribution >= 0.6 is 11.3 Å². The monoisotopic (exact) mass is 471 g/mol. The molecule has 8 nitrogen and oxygen atoms in total. The fourth-order valence-corrected chi connectivity index (χ4v) is 4.31. The first-order chi connectivity index (χ1) is 16.6. The Balaban J connectivity index is 1.34. The lowest BCUT2D eigenvalue weighted by Crippen LogP contribution is -2.12. The first kappa shape index (κ1) is 21.6. The number of carbonyl (C=O) groups is 1. The van der Waals surface area contributed by atoms with Crippen LogP contribution < -0.4 is 14.8 Å². The molecule has 0 aliphatic heterocycles. The van der Waals surface area contributed by atoms with Gasteiger partial charge in [0.25, 0.3) is 5.91 Å². The largest absolute Gasteiger partial charge is 0.497 e. The van der Waals surface area contributed by atoms with Gasteiger partial charge in [-0.25, -0.2) is 14.6 Å². The van der Waals surface area contributed by atoms with E-state index in [4.69, 9.17) is 9.47 Å². The van der Waals surface area contributed by atoms with Crippen molar-refractivity contribution in [3.63, 3.8) is 0 Å². The van der Waals surface area contributed by atoms with E-state index in [2.05, 4.69) is 20.4 Å². The maximum absolute atomic E-state index is 12.9. The molecule has 1 amide bonds. The number of thiazole rings is 1. The lowest BCUT2D eigenvalue weighted by molar-refractivity contribution is 0.102. The molecule has 3 heterocycles. The predicted octanol–water partition coefficient (Wildman–Crippen LogP) is 4.87. The number of hydrogen-bond acceptors (Lipinski definition) is 7. The van der Waals surface area contributed by atoms with E-state index >= 15 is 0 Å². The number of pyridine rings is 1. The first-order valence-corrected chi connectivity index (χ1v) is 11.4. The Bertz CT molecular complexity index is 1460. The molecule has 9 heteroatoms. The van der Waals surface area contributed by atoms with Gasteiger partial charge in [-0.3, -0.25) is 10.1 Å². The fraction of sp³-hybridized carbons (Fsp3) is 0.120. The van der Waals surface area contributed by atoms with Gasteiger partial charge >= 0.3 is 0 Å². The fourth-order valence-electron chi connectivity index (χ4n) is 3.61. The van der Waals surface area contributed by atoms with Gasteiger partial charge in [-0.1, -0.05) is 30.3 Å². The van der Waals surface area contributed by atoms with Crippen LogP contribution in [0.1, 0.15) is 15.9 Å². The van der Waals surface area contributed by atoms with Crippen LogP contribution in [0.25, 0.3) is 22.3 Å². The summed E-state index contributed by atoms with van der Waals surface area (Å²) in [5.41, 5.74) is 3.76. The number of fused-ring (bicyclic) bond motifs is 1. The molecule has 0 saturated heterocycles. The molecule has 0 saturated carbocycles.